The van der Waals surface area contributed by atoms with E-state index in [4.69, 9.17) is 42.7 Å². The highest BCUT2D eigenvalue weighted by atomic mass is 35.5. The van der Waals surface area contributed by atoms with Gasteiger partial charge < -0.3 is 14.9 Å². The molecule has 0 spiro atoms. The average Bonchev–Trinajstić information content (AvgIpc) is 2.11. The van der Waals surface area contributed by atoms with Gasteiger partial charge in [-0.25, -0.2) is 0 Å². The number of hydrogen-bond donors (Lipinski definition) is 3. The molecule has 88 valence electrons. The van der Waals surface area contributed by atoms with Crippen LogP contribution in [0.25, 0.3) is 0 Å². The first-order chi connectivity index (χ1) is 6.58. The highest BCUT2D eigenvalue weighted by molar-refractivity contribution is 7.30. The molecule has 0 fully saturated rings. The Morgan fingerprint density at radius 1 is 1.21 bits per heavy atom. The van der Waals surface area contributed by atoms with Gasteiger partial charge in [0.2, 0.25) is 0 Å². The molecule has 7 heteroatoms. The van der Waals surface area contributed by atoms with Gasteiger partial charge in [-0.2, -0.15) is 0 Å². The van der Waals surface area contributed by atoms with Crippen LogP contribution in [-0.4, -0.2) is 33.3 Å². The molecule has 0 aliphatic rings. The minimum absolute atomic E-state index is 0.260. The first kappa shape index (κ1) is 17.1. The third-order valence-electron chi connectivity index (χ3n) is 1.51. The van der Waals surface area contributed by atoms with Gasteiger partial charge in [0.1, 0.15) is 0 Å². The number of halogens is 2. The Morgan fingerprint density at radius 3 is 2.00 bits per heavy atom. The lowest BCUT2D eigenvalue weighted by molar-refractivity contribution is 0.273. The second-order valence-corrected chi connectivity index (χ2v) is 3.90. The van der Waals surface area contributed by atoms with Crippen molar-refractivity contribution >= 4 is 31.5 Å². The maximum atomic E-state index is 8.74. The van der Waals surface area contributed by atoms with Crippen LogP contribution in [0.5, 0.6) is 0 Å². The smallest absolute Gasteiger partial charge is 0.314 e. The minimum atomic E-state index is -3.13. The fourth-order valence-electron chi connectivity index (χ4n) is 0.833. The molecule has 0 aromatic rings. The van der Waals surface area contributed by atoms with Crippen molar-refractivity contribution in [1.29, 1.82) is 0 Å². The summed E-state index contributed by atoms with van der Waals surface area (Å²) < 4.78 is 8.74. The van der Waals surface area contributed by atoms with Crippen LogP contribution < -0.4 is 0 Å². The average molecular weight is 267 g/mol. The van der Waals surface area contributed by atoms with E-state index in [1.54, 1.807) is 0 Å². The van der Waals surface area contributed by atoms with Crippen molar-refractivity contribution in [3.8, 4) is 0 Å². The highest BCUT2D eigenvalue weighted by Crippen LogP contribution is 2.13. The van der Waals surface area contributed by atoms with Gasteiger partial charge in [-0.05, 0) is 25.2 Å². The second kappa shape index (κ2) is 13.7. The van der Waals surface area contributed by atoms with Gasteiger partial charge in [0, 0.05) is 18.4 Å². The van der Waals surface area contributed by atoms with Crippen molar-refractivity contribution in [2.45, 2.75) is 19.3 Å². The normalized spacial score (nSPS) is 12.1. The molecule has 0 aliphatic heterocycles. The van der Waals surface area contributed by atoms with E-state index in [0.29, 0.717) is 17.7 Å². The summed E-state index contributed by atoms with van der Waals surface area (Å²) in [6.45, 7) is 0.260. The Bertz CT molecular complexity index is 133. The number of hydrogen-bond acceptors (Lipinski definition) is 2. The van der Waals surface area contributed by atoms with E-state index in [0.717, 1.165) is 19.3 Å². The van der Waals surface area contributed by atoms with Gasteiger partial charge in [0.05, 0.1) is 0 Å². The second-order valence-electron chi connectivity index (χ2n) is 2.65. The van der Waals surface area contributed by atoms with Gasteiger partial charge in [-0.3, -0.25) is 4.57 Å². The summed E-state index contributed by atoms with van der Waals surface area (Å²) in [7, 11) is -3.13. The molecule has 0 radical (unpaired) electrons. The molecule has 4 nitrogen and oxygen atoms in total. The molecule has 3 N–H and O–H groups in total. The van der Waals surface area contributed by atoms with Gasteiger partial charge in [-0.1, -0.05) is 0 Å². The lowest BCUT2D eigenvalue weighted by Crippen LogP contribution is -2.03. The summed E-state index contributed by atoms with van der Waals surface area (Å²) in [4.78, 5) is 14.3. The quantitative estimate of drug-likeness (QED) is 0.504. The summed E-state index contributed by atoms with van der Waals surface area (Å²) in [5.74, 6) is 1.82. The van der Waals surface area contributed by atoms with E-state index in [1.807, 2.05) is 0 Å². The molecule has 1 atom stereocenters. The SMILES string of the molecule is O=[PH](O)O.OCCCC(CCl)CCCl. The zero-order valence-corrected chi connectivity index (χ0v) is 10.3. The number of rotatable bonds is 6. The van der Waals surface area contributed by atoms with Gasteiger partial charge >= 0.3 is 8.25 Å². The molecule has 0 heterocycles. The first-order valence-electron chi connectivity index (χ1n) is 4.23. The van der Waals surface area contributed by atoms with Crippen LogP contribution in [0.15, 0.2) is 0 Å². The van der Waals surface area contributed by atoms with Gasteiger partial charge in [-0.15, -0.1) is 23.2 Å². The van der Waals surface area contributed by atoms with Crippen LogP contribution in [-0.2, 0) is 4.57 Å². The van der Waals surface area contributed by atoms with E-state index in [1.165, 1.54) is 0 Å². The molecule has 0 saturated carbocycles. The molecule has 0 aliphatic carbocycles. The van der Waals surface area contributed by atoms with Crippen LogP contribution in [0, 0.1) is 5.92 Å². The van der Waals surface area contributed by atoms with Gasteiger partial charge in [0.15, 0.2) is 0 Å². The molecule has 0 aromatic carbocycles. The molecular formula is C7H17Cl2O4P. The van der Waals surface area contributed by atoms with E-state index in [9.17, 15) is 0 Å². The summed E-state index contributed by atoms with van der Waals surface area (Å²) in [5, 5.41) is 8.50. The maximum absolute atomic E-state index is 8.74. The number of aliphatic hydroxyl groups excluding tert-OH is 1. The molecular weight excluding hydrogens is 250 g/mol. The minimum Gasteiger partial charge on any atom is -0.396 e. The lowest BCUT2D eigenvalue weighted by Gasteiger charge is -2.09. The van der Waals surface area contributed by atoms with Crippen LogP contribution in [0.2, 0.25) is 0 Å². The molecule has 0 rings (SSSR count). The third kappa shape index (κ3) is 18.5. The van der Waals surface area contributed by atoms with E-state index >= 15 is 0 Å². The van der Waals surface area contributed by atoms with Gasteiger partial charge in [0.25, 0.3) is 0 Å². The van der Waals surface area contributed by atoms with Crippen LogP contribution in [0.1, 0.15) is 19.3 Å². The zero-order chi connectivity index (χ0) is 11.4. The fraction of sp³-hybridized carbons (Fsp3) is 1.00. The van der Waals surface area contributed by atoms with Crippen LogP contribution >= 0.6 is 31.5 Å². The van der Waals surface area contributed by atoms with Crippen molar-refractivity contribution in [3.05, 3.63) is 0 Å². The lowest BCUT2D eigenvalue weighted by atomic mass is 10.0. The Morgan fingerprint density at radius 2 is 1.71 bits per heavy atom. The van der Waals surface area contributed by atoms with E-state index < -0.39 is 8.25 Å². The molecule has 0 bridgehead atoms. The number of aliphatic hydroxyl groups is 1. The van der Waals surface area contributed by atoms with Crippen molar-refractivity contribution in [2.24, 2.45) is 5.92 Å². The predicted molar refractivity (Wildman–Crippen MR) is 59.3 cm³/mol. The number of alkyl halides is 2. The molecule has 1 unspecified atom stereocenters. The maximum Gasteiger partial charge on any atom is 0.314 e. The Kier molecular flexibility index (Phi) is 16.7. The first-order valence-corrected chi connectivity index (χ1v) is 6.60. The Labute approximate surface area is 94.8 Å². The van der Waals surface area contributed by atoms with Crippen molar-refractivity contribution in [2.75, 3.05) is 18.4 Å². The standard InChI is InChI=1S/C7H14Cl2O.H3O3P/c8-4-3-7(6-9)2-1-5-10;1-4(2)3/h7,10H,1-6H2;4H,(H2,1,2,3). The highest BCUT2D eigenvalue weighted by Gasteiger charge is 2.04. The van der Waals surface area contributed by atoms with Crippen LogP contribution in [0.4, 0.5) is 0 Å². The molecule has 0 amide bonds. The summed E-state index contributed by atoms with van der Waals surface area (Å²) in [5.41, 5.74) is 0. The summed E-state index contributed by atoms with van der Waals surface area (Å²) >= 11 is 11.2. The molecule has 0 aromatic heterocycles. The topological polar surface area (TPSA) is 77.8 Å². The summed E-state index contributed by atoms with van der Waals surface area (Å²) in [6, 6.07) is 0. The molecule has 0 saturated heterocycles. The van der Waals surface area contributed by atoms with E-state index in [2.05, 4.69) is 0 Å². The predicted octanol–water partition coefficient (Wildman–Crippen LogP) is 1.60. The largest absolute Gasteiger partial charge is 0.396 e. The fourth-order valence-corrected chi connectivity index (χ4v) is 1.45. The zero-order valence-electron chi connectivity index (χ0n) is 7.83. The van der Waals surface area contributed by atoms with Crippen LogP contribution in [0.3, 0.4) is 0 Å². The summed E-state index contributed by atoms with van der Waals surface area (Å²) in [6.07, 6.45) is 2.80. The van der Waals surface area contributed by atoms with E-state index in [-0.39, 0.29) is 6.61 Å². The Balaban J connectivity index is 0. The van der Waals surface area contributed by atoms with Crippen molar-refractivity contribution < 1.29 is 19.5 Å². The Hall–Kier alpha value is 0.690. The third-order valence-corrected chi connectivity index (χ3v) is 2.16. The molecule has 14 heavy (non-hydrogen) atoms. The van der Waals surface area contributed by atoms with Crippen molar-refractivity contribution in [3.63, 3.8) is 0 Å². The van der Waals surface area contributed by atoms with Crippen molar-refractivity contribution in [1.82, 2.24) is 0 Å². The monoisotopic (exact) mass is 266 g/mol.